The molecule has 1 N–H and O–H groups in total. The summed E-state index contributed by atoms with van der Waals surface area (Å²) in [7, 11) is 0. The third-order valence-corrected chi connectivity index (χ3v) is 3.90. The lowest BCUT2D eigenvalue weighted by atomic mass is 10.2. The van der Waals surface area contributed by atoms with Gasteiger partial charge in [0.05, 0.1) is 5.25 Å². The molecule has 98 valence electrons. The van der Waals surface area contributed by atoms with E-state index in [9.17, 15) is 18.0 Å². The Hall–Kier alpha value is -1.31. The van der Waals surface area contributed by atoms with E-state index in [0.717, 1.165) is 18.4 Å². The van der Waals surface area contributed by atoms with Crippen LogP contribution in [0.4, 0.5) is 13.2 Å². The number of hydrogen-bond acceptors (Lipinski definition) is 4. The van der Waals surface area contributed by atoms with Gasteiger partial charge in [-0.1, -0.05) is 0 Å². The molecule has 0 radical (unpaired) electrons. The van der Waals surface area contributed by atoms with Gasteiger partial charge in [-0.15, -0.1) is 0 Å². The Morgan fingerprint density at radius 1 is 1.50 bits per heavy atom. The highest BCUT2D eigenvalue weighted by molar-refractivity contribution is 7.99. The van der Waals surface area contributed by atoms with E-state index in [1.165, 1.54) is 11.8 Å². The summed E-state index contributed by atoms with van der Waals surface area (Å²) >= 11 is 1.49. The smallest absolute Gasteiger partial charge is 0.434 e. The van der Waals surface area contributed by atoms with Gasteiger partial charge in [-0.05, 0) is 18.6 Å². The lowest BCUT2D eigenvalue weighted by Gasteiger charge is -2.12. The third kappa shape index (κ3) is 2.58. The van der Waals surface area contributed by atoms with Crippen molar-refractivity contribution in [2.45, 2.75) is 24.3 Å². The Labute approximate surface area is 105 Å². The van der Waals surface area contributed by atoms with Crippen LogP contribution in [0.3, 0.4) is 0 Å². The standard InChI is InChI=1S/C10H9F3N2O2S/c11-10(12,13)7-5(9(16)17)4-14-8(15-7)6-2-1-3-18-6/h4,6H,1-3H2,(H,16,17). The van der Waals surface area contributed by atoms with Gasteiger partial charge in [0, 0.05) is 6.20 Å². The first-order chi connectivity index (χ1) is 8.39. The molecule has 2 heterocycles. The van der Waals surface area contributed by atoms with Crippen molar-refractivity contribution in [3.8, 4) is 0 Å². The second-order valence-electron chi connectivity index (χ2n) is 3.80. The number of thioether (sulfide) groups is 1. The first kappa shape index (κ1) is 13.1. The van der Waals surface area contributed by atoms with Gasteiger partial charge in [-0.3, -0.25) is 0 Å². The Bertz CT molecular complexity index is 473. The molecule has 0 amide bonds. The van der Waals surface area contributed by atoms with Gasteiger partial charge in [0.25, 0.3) is 0 Å². The van der Waals surface area contributed by atoms with Crippen molar-refractivity contribution >= 4 is 17.7 Å². The minimum atomic E-state index is -4.78. The number of carboxylic acids is 1. The van der Waals surface area contributed by atoms with Crippen LogP contribution in [0, 0.1) is 0 Å². The van der Waals surface area contributed by atoms with Gasteiger partial charge >= 0.3 is 12.1 Å². The van der Waals surface area contributed by atoms with Gasteiger partial charge < -0.3 is 5.11 Å². The number of rotatable bonds is 2. The maximum atomic E-state index is 12.7. The zero-order valence-corrected chi connectivity index (χ0v) is 9.88. The van der Waals surface area contributed by atoms with Crippen molar-refractivity contribution in [2.75, 3.05) is 5.75 Å². The highest BCUT2D eigenvalue weighted by Gasteiger charge is 2.38. The van der Waals surface area contributed by atoms with Crippen LogP contribution in [0.1, 0.15) is 40.0 Å². The predicted molar refractivity (Wildman–Crippen MR) is 58.4 cm³/mol. The fourth-order valence-electron chi connectivity index (χ4n) is 1.70. The number of alkyl halides is 3. The summed E-state index contributed by atoms with van der Waals surface area (Å²) in [5, 5.41) is 8.53. The van der Waals surface area contributed by atoms with Crippen LogP contribution in [0.25, 0.3) is 0 Å². The molecule has 4 nitrogen and oxygen atoms in total. The lowest BCUT2D eigenvalue weighted by molar-refractivity contribution is -0.141. The Kier molecular flexibility index (Phi) is 3.47. The van der Waals surface area contributed by atoms with E-state index in [-0.39, 0.29) is 11.1 Å². The molecule has 0 aromatic carbocycles. The van der Waals surface area contributed by atoms with Crippen LogP contribution in [-0.2, 0) is 6.18 Å². The van der Waals surface area contributed by atoms with Gasteiger partial charge in [-0.2, -0.15) is 24.9 Å². The van der Waals surface area contributed by atoms with Crippen molar-refractivity contribution in [2.24, 2.45) is 0 Å². The maximum absolute atomic E-state index is 12.7. The molecule has 1 aromatic rings. The van der Waals surface area contributed by atoms with E-state index in [2.05, 4.69) is 9.97 Å². The molecule has 1 aliphatic rings. The second kappa shape index (κ2) is 4.75. The van der Waals surface area contributed by atoms with Crippen LogP contribution in [-0.4, -0.2) is 26.8 Å². The molecule has 0 aliphatic carbocycles. The molecular weight excluding hydrogens is 269 g/mol. The number of halogens is 3. The van der Waals surface area contributed by atoms with Crippen molar-refractivity contribution in [1.82, 2.24) is 9.97 Å². The zero-order valence-electron chi connectivity index (χ0n) is 9.07. The Morgan fingerprint density at radius 2 is 2.22 bits per heavy atom. The third-order valence-electron chi connectivity index (χ3n) is 2.52. The quantitative estimate of drug-likeness (QED) is 0.901. The molecule has 0 bridgehead atoms. The highest BCUT2D eigenvalue weighted by Crippen LogP contribution is 2.39. The van der Waals surface area contributed by atoms with E-state index in [1.54, 1.807) is 0 Å². The molecule has 8 heteroatoms. The average Bonchev–Trinajstić information content (AvgIpc) is 2.80. The van der Waals surface area contributed by atoms with Crippen LogP contribution < -0.4 is 0 Å². The SMILES string of the molecule is O=C(O)c1cnc(C2CCCS2)nc1C(F)(F)F. The second-order valence-corrected chi connectivity index (χ2v) is 5.11. The summed E-state index contributed by atoms with van der Waals surface area (Å²) in [6, 6.07) is 0. The van der Waals surface area contributed by atoms with Gasteiger partial charge in [0.1, 0.15) is 11.4 Å². The van der Waals surface area contributed by atoms with Crippen molar-refractivity contribution < 1.29 is 23.1 Å². The number of nitrogens with zero attached hydrogens (tertiary/aromatic N) is 2. The van der Waals surface area contributed by atoms with Crippen LogP contribution in [0.5, 0.6) is 0 Å². The molecule has 0 spiro atoms. The molecule has 1 saturated heterocycles. The summed E-state index contributed by atoms with van der Waals surface area (Å²) in [6.07, 6.45) is -2.42. The number of carbonyl (C=O) groups is 1. The van der Waals surface area contributed by atoms with Crippen molar-refractivity contribution in [3.05, 3.63) is 23.3 Å². The summed E-state index contributed by atoms with van der Waals surface area (Å²) < 4.78 is 38.1. The van der Waals surface area contributed by atoms with Gasteiger partial charge in [-0.25, -0.2) is 14.8 Å². The topological polar surface area (TPSA) is 63.1 Å². The van der Waals surface area contributed by atoms with E-state index < -0.39 is 23.4 Å². The normalized spacial score (nSPS) is 20.1. The number of aromatic nitrogens is 2. The van der Waals surface area contributed by atoms with E-state index in [4.69, 9.17) is 5.11 Å². The zero-order chi connectivity index (χ0) is 13.3. The fourth-order valence-corrected chi connectivity index (χ4v) is 2.92. The number of aromatic carboxylic acids is 1. The highest BCUT2D eigenvalue weighted by atomic mass is 32.2. The molecule has 1 unspecified atom stereocenters. The van der Waals surface area contributed by atoms with Crippen LogP contribution in [0.15, 0.2) is 6.20 Å². The van der Waals surface area contributed by atoms with E-state index in [0.29, 0.717) is 6.42 Å². The Balaban J connectivity index is 2.45. The van der Waals surface area contributed by atoms with E-state index >= 15 is 0 Å². The largest absolute Gasteiger partial charge is 0.478 e. The summed E-state index contributed by atoms with van der Waals surface area (Å²) in [4.78, 5) is 17.9. The molecule has 0 saturated carbocycles. The number of hydrogen-bond donors (Lipinski definition) is 1. The summed E-state index contributed by atoms with van der Waals surface area (Å²) in [5.41, 5.74) is -2.28. The van der Waals surface area contributed by atoms with Crippen molar-refractivity contribution in [1.29, 1.82) is 0 Å². The van der Waals surface area contributed by atoms with Gasteiger partial charge in [0.15, 0.2) is 5.69 Å². The van der Waals surface area contributed by atoms with Crippen LogP contribution >= 0.6 is 11.8 Å². The monoisotopic (exact) mass is 278 g/mol. The summed E-state index contributed by atoms with van der Waals surface area (Å²) in [6.45, 7) is 0. The minimum absolute atomic E-state index is 0.0647. The maximum Gasteiger partial charge on any atom is 0.434 e. The molecule has 1 atom stereocenters. The summed E-state index contributed by atoms with van der Waals surface area (Å²) in [5.74, 6) is -0.751. The Morgan fingerprint density at radius 3 is 2.72 bits per heavy atom. The first-order valence-electron chi connectivity index (χ1n) is 5.18. The van der Waals surface area contributed by atoms with Crippen LogP contribution in [0.2, 0.25) is 0 Å². The molecule has 18 heavy (non-hydrogen) atoms. The van der Waals surface area contributed by atoms with Gasteiger partial charge in [0.2, 0.25) is 0 Å². The minimum Gasteiger partial charge on any atom is -0.478 e. The predicted octanol–water partition coefficient (Wildman–Crippen LogP) is 2.76. The molecule has 1 aliphatic heterocycles. The van der Waals surface area contributed by atoms with Crippen molar-refractivity contribution in [3.63, 3.8) is 0 Å². The molecule has 2 rings (SSSR count). The van der Waals surface area contributed by atoms with E-state index in [1.807, 2.05) is 0 Å². The fraction of sp³-hybridized carbons (Fsp3) is 0.500. The average molecular weight is 278 g/mol. The lowest BCUT2D eigenvalue weighted by Crippen LogP contribution is -2.18. The first-order valence-corrected chi connectivity index (χ1v) is 6.23. The molecule has 1 fully saturated rings. The molecular formula is C10H9F3N2O2S. The number of carboxylic acid groups (broad SMARTS) is 1. The molecule has 1 aromatic heterocycles.